The summed E-state index contributed by atoms with van der Waals surface area (Å²) in [6.07, 6.45) is 1.56. The summed E-state index contributed by atoms with van der Waals surface area (Å²) in [7, 11) is 0. The summed E-state index contributed by atoms with van der Waals surface area (Å²) in [6.45, 7) is 9.46. The van der Waals surface area contributed by atoms with Crippen molar-refractivity contribution in [3.63, 3.8) is 0 Å². The van der Waals surface area contributed by atoms with Crippen LogP contribution in [0.1, 0.15) is 62.4 Å². The highest BCUT2D eigenvalue weighted by Gasteiger charge is 2.30. The molecule has 2 aliphatic heterocycles. The van der Waals surface area contributed by atoms with Gasteiger partial charge in [-0.15, -0.1) is 0 Å². The van der Waals surface area contributed by atoms with E-state index in [0.29, 0.717) is 56.7 Å². The first kappa shape index (κ1) is 20.6. The Morgan fingerprint density at radius 3 is 2.27 bits per heavy atom. The summed E-state index contributed by atoms with van der Waals surface area (Å²) >= 11 is 0. The van der Waals surface area contributed by atoms with Gasteiger partial charge in [-0.2, -0.15) is 0 Å². The summed E-state index contributed by atoms with van der Waals surface area (Å²) in [5.74, 6) is 1.28. The van der Waals surface area contributed by atoms with Gasteiger partial charge < -0.3 is 19.0 Å². The van der Waals surface area contributed by atoms with E-state index >= 15 is 0 Å². The Morgan fingerprint density at radius 2 is 1.60 bits per heavy atom. The van der Waals surface area contributed by atoms with Crippen LogP contribution in [0.5, 0.6) is 0 Å². The Hall–Kier alpha value is -2.67. The van der Waals surface area contributed by atoms with Gasteiger partial charge in [0.15, 0.2) is 11.6 Å². The van der Waals surface area contributed by atoms with Crippen molar-refractivity contribution in [3.8, 4) is 0 Å². The number of piperidine rings is 1. The first-order valence-corrected chi connectivity index (χ1v) is 10.6. The monoisotopic (exact) mass is 411 g/mol. The fourth-order valence-electron chi connectivity index (χ4n) is 4.09. The maximum absolute atomic E-state index is 12.9. The molecule has 0 atom stereocenters. The number of rotatable bonds is 3. The molecule has 3 heterocycles. The molecule has 7 nitrogen and oxygen atoms in total. The first-order valence-electron chi connectivity index (χ1n) is 10.6. The largest absolute Gasteiger partial charge is 0.445 e. The molecule has 0 aliphatic carbocycles. The molecule has 0 saturated carbocycles. The highest BCUT2D eigenvalue weighted by molar-refractivity contribution is 5.94. The van der Waals surface area contributed by atoms with Gasteiger partial charge in [-0.05, 0) is 56.9 Å². The van der Waals surface area contributed by atoms with Crippen LogP contribution in [0.15, 0.2) is 22.6 Å². The quantitative estimate of drug-likeness (QED) is 0.776. The molecule has 7 heteroatoms. The maximum atomic E-state index is 12.9. The molecular weight excluding hydrogens is 382 g/mol. The molecule has 0 spiro atoms. The molecule has 30 heavy (non-hydrogen) atoms. The Kier molecular flexibility index (Phi) is 5.90. The third-order valence-electron chi connectivity index (χ3n) is 6.20. The average molecular weight is 412 g/mol. The lowest BCUT2D eigenvalue weighted by Crippen LogP contribution is -2.41. The number of carbonyl (C=O) groups is 2. The molecule has 2 aliphatic rings. The molecule has 1 aromatic carbocycles. The zero-order valence-electron chi connectivity index (χ0n) is 17.9. The summed E-state index contributed by atoms with van der Waals surface area (Å²) in [5, 5.41) is 0. The molecule has 2 fully saturated rings. The van der Waals surface area contributed by atoms with E-state index in [2.05, 4.69) is 4.98 Å². The van der Waals surface area contributed by atoms with Crippen LogP contribution in [0.25, 0.3) is 0 Å². The molecule has 0 N–H and O–H groups in total. The van der Waals surface area contributed by atoms with E-state index < -0.39 is 0 Å². The minimum atomic E-state index is -0.0897. The number of benzene rings is 1. The lowest BCUT2D eigenvalue weighted by Gasteiger charge is -2.30. The van der Waals surface area contributed by atoms with Crippen LogP contribution in [0.4, 0.5) is 0 Å². The van der Waals surface area contributed by atoms with E-state index in [1.54, 1.807) is 11.8 Å². The second kappa shape index (κ2) is 8.60. The van der Waals surface area contributed by atoms with Crippen molar-refractivity contribution in [2.45, 2.75) is 39.5 Å². The molecule has 2 saturated heterocycles. The fourth-order valence-corrected chi connectivity index (χ4v) is 4.09. The van der Waals surface area contributed by atoms with Gasteiger partial charge in [-0.1, -0.05) is 6.07 Å². The molecule has 4 rings (SSSR count). The number of amides is 2. The number of nitrogens with zero attached hydrogens (tertiary/aromatic N) is 3. The molecule has 1 aromatic heterocycles. The van der Waals surface area contributed by atoms with Crippen molar-refractivity contribution >= 4 is 11.8 Å². The molecule has 0 unspecified atom stereocenters. The second-order valence-electron chi connectivity index (χ2n) is 8.23. The van der Waals surface area contributed by atoms with Crippen molar-refractivity contribution in [1.82, 2.24) is 14.8 Å². The highest BCUT2D eigenvalue weighted by atomic mass is 16.5. The summed E-state index contributed by atoms with van der Waals surface area (Å²) < 4.78 is 11.2. The predicted octanol–water partition coefficient (Wildman–Crippen LogP) is 3.09. The molecular formula is C23H29N3O4. The van der Waals surface area contributed by atoms with Gasteiger partial charge in [0.2, 0.25) is 0 Å². The van der Waals surface area contributed by atoms with E-state index in [-0.39, 0.29) is 17.7 Å². The number of likely N-dealkylation sites (tertiary alicyclic amines) is 1. The summed E-state index contributed by atoms with van der Waals surface area (Å²) in [6, 6.07) is 5.86. The summed E-state index contributed by atoms with van der Waals surface area (Å²) in [4.78, 5) is 33.8. The molecule has 160 valence electrons. The van der Waals surface area contributed by atoms with Crippen LogP contribution in [0.2, 0.25) is 0 Å². The predicted molar refractivity (Wildman–Crippen MR) is 112 cm³/mol. The van der Waals surface area contributed by atoms with Crippen LogP contribution in [-0.2, 0) is 4.74 Å². The number of carbonyl (C=O) groups excluding carboxylic acids is 2. The number of aryl methyl sites for hydroxylation is 3. The SMILES string of the molecule is Cc1ccc(C(=O)N2CCC(c3nc(C(=O)N4CCOCC4)c(C)o3)CC2)cc1C. The molecule has 0 radical (unpaired) electrons. The first-order chi connectivity index (χ1) is 14.4. The van der Waals surface area contributed by atoms with E-state index in [9.17, 15) is 9.59 Å². The van der Waals surface area contributed by atoms with Crippen LogP contribution >= 0.6 is 0 Å². The number of hydrogen-bond acceptors (Lipinski definition) is 5. The highest BCUT2D eigenvalue weighted by Crippen LogP contribution is 2.30. The number of aromatic nitrogens is 1. The number of morpholine rings is 1. The van der Waals surface area contributed by atoms with Crippen molar-refractivity contribution in [3.05, 3.63) is 52.2 Å². The normalized spacial score (nSPS) is 18.0. The van der Waals surface area contributed by atoms with Gasteiger partial charge in [0, 0.05) is 37.7 Å². The Balaban J connectivity index is 1.40. The van der Waals surface area contributed by atoms with Gasteiger partial charge in [-0.25, -0.2) is 4.98 Å². The Labute approximate surface area is 177 Å². The third kappa shape index (κ3) is 4.12. The van der Waals surface area contributed by atoms with Crippen LogP contribution in [0.3, 0.4) is 0 Å². The van der Waals surface area contributed by atoms with Crippen molar-refractivity contribution in [1.29, 1.82) is 0 Å². The topological polar surface area (TPSA) is 75.9 Å². The molecule has 2 aromatic rings. The smallest absolute Gasteiger partial charge is 0.276 e. The van der Waals surface area contributed by atoms with Crippen LogP contribution < -0.4 is 0 Å². The zero-order chi connectivity index (χ0) is 21.3. The van der Waals surface area contributed by atoms with Gasteiger partial charge in [-0.3, -0.25) is 9.59 Å². The standard InChI is InChI=1S/C23H29N3O4/c1-15-4-5-19(14-16(15)2)22(27)25-8-6-18(7-9-25)21-24-20(17(3)30-21)23(28)26-10-12-29-13-11-26/h4-5,14,18H,6-13H2,1-3H3. The maximum Gasteiger partial charge on any atom is 0.276 e. The number of ether oxygens (including phenoxy) is 1. The van der Waals surface area contributed by atoms with Crippen LogP contribution in [-0.4, -0.2) is 66.0 Å². The van der Waals surface area contributed by atoms with E-state index in [4.69, 9.17) is 9.15 Å². The number of oxazole rings is 1. The average Bonchev–Trinajstić information content (AvgIpc) is 3.17. The molecule has 0 bridgehead atoms. The van der Waals surface area contributed by atoms with E-state index in [0.717, 1.165) is 24.0 Å². The van der Waals surface area contributed by atoms with Crippen LogP contribution in [0, 0.1) is 20.8 Å². The molecule has 2 amide bonds. The van der Waals surface area contributed by atoms with E-state index in [1.807, 2.05) is 36.9 Å². The minimum absolute atomic E-state index is 0.0725. The Bertz CT molecular complexity index is 938. The van der Waals surface area contributed by atoms with E-state index in [1.165, 1.54) is 5.56 Å². The van der Waals surface area contributed by atoms with Crippen molar-refractivity contribution in [2.24, 2.45) is 0 Å². The second-order valence-corrected chi connectivity index (χ2v) is 8.23. The minimum Gasteiger partial charge on any atom is -0.445 e. The van der Waals surface area contributed by atoms with Crippen molar-refractivity contribution < 1.29 is 18.7 Å². The Morgan fingerprint density at radius 1 is 0.933 bits per heavy atom. The lowest BCUT2D eigenvalue weighted by molar-refractivity contribution is 0.0298. The van der Waals surface area contributed by atoms with Gasteiger partial charge in [0.25, 0.3) is 11.8 Å². The van der Waals surface area contributed by atoms with Gasteiger partial charge >= 0.3 is 0 Å². The number of hydrogen-bond donors (Lipinski definition) is 0. The van der Waals surface area contributed by atoms with Crippen molar-refractivity contribution in [2.75, 3.05) is 39.4 Å². The zero-order valence-corrected chi connectivity index (χ0v) is 17.9. The summed E-state index contributed by atoms with van der Waals surface area (Å²) in [5.41, 5.74) is 3.46. The van der Waals surface area contributed by atoms with Gasteiger partial charge in [0.05, 0.1) is 13.2 Å². The lowest BCUT2D eigenvalue weighted by atomic mass is 9.96. The third-order valence-corrected chi connectivity index (χ3v) is 6.20. The van der Waals surface area contributed by atoms with Gasteiger partial charge in [0.1, 0.15) is 5.76 Å². The fraction of sp³-hybridized carbons (Fsp3) is 0.522.